The van der Waals surface area contributed by atoms with E-state index in [-0.39, 0.29) is 0 Å². The van der Waals surface area contributed by atoms with Crippen molar-refractivity contribution in [3.63, 3.8) is 0 Å². The lowest BCUT2D eigenvalue weighted by molar-refractivity contribution is 0.0624. The number of hydrogen-bond acceptors (Lipinski definition) is 2. The van der Waals surface area contributed by atoms with Crippen LogP contribution in [0.4, 0.5) is 0 Å². The Bertz CT molecular complexity index is 337. The largest absolute Gasteiger partial charge is 0.472 e. The Morgan fingerprint density at radius 1 is 1.53 bits per heavy atom. The predicted molar refractivity (Wildman–Crippen MR) is 59.3 cm³/mol. The third-order valence-electron chi connectivity index (χ3n) is 3.36. The molecule has 0 saturated carbocycles. The van der Waals surface area contributed by atoms with Crippen molar-refractivity contribution in [3.8, 4) is 0 Å². The molecule has 1 N–H and O–H groups in total. The van der Waals surface area contributed by atoms with E-state index in [2.05, 4.69) is 19.9 Å². The van der Waals surface area contributed by atoms with Crippen LogP contribution in [-0.2, 0) is 5.60 Å². The highest BCUT2D eigenvalue weighted by Crippen LogP contribution is 2.36. The normalized spacial score (nSPS) is 31.1. The number of allylic oxidation sites excluding steroid dienone is 1. The van der Waals surface area contributed by atoms with Gasteiger partial charge < -0.3 is 9.52 Å². The van der Waals surface area contributed by atoms with Crippen molar-refractivity contribution in [1.29, 1.82) is 0 Å². The molecule has 0 saturated heterocycles. The highest BCUT2D eigenvalue weighted by Gasteiger charge is 2.31. The van der Waals surface area contributed by atoms with Gasteiger partial charge in [0, 0.05) is 5.56 Å². The van der Waals surface area contributed by atoms with Crippen LogP contribution in [-0.4, -0.2) is 5.11 Å². The summed E-state index contributed by atoms with van der Waals surface area (Å²) in [6.07, 6.45) is 9.12. The molecule has 0 amide bonds. The van der Waals surface area contributed by atoms with Crippen molar-refractivity contribution in [2.75, 3.05) is 0 Å². The average Bonchev–Trinajstić information content (AvgIpc) is 2.71. The Hall–Kier alpha value is -1.02. The molecule has 1 aliphatic rings. The van der Waals surface area contributed by atoms with E-state index >= 15 is 0 Å². The first-order valence-electron chi connectivity index (χ1n) is 5.56. The van der Waals surface area contributed by atoms with Gasteiger partial charge in [0.2, 0.25) is 0 Å². The quantitative estimate of drug-likeness (QED) is 0.754. The Morgan fingerprint density at radius 3 is 2.80 bits per heavy atom. The molecule has 2 heteroatoms. The van der Waals surface area contributed by atoms with Crippen LogP contribution in [0.5, 0.6) is 0 Å². The summed E-state index contributed by atoms with van der Waals surface area (Å²) in [5.41, 5.74) is 0.0548. The molecule has 15 heavy (non-hydrogen) atoms. The molecule has 2 rings (SSSR count). The molecule has 1 aromatic rings. The highest BCUT2D eigenvalue weighted by molar-refractivity contribution is 5.25. The molecule has 0 aliphatic heterocycles. The third-order valence-corrected chi connectivity index (χ3v) is 3.36. The molecule has 82 valence electrons. The van der Waals surface area contributed by atoms with Gasteiger partial charge in [0.1, 0.15) is 5.60 Å². The Balaban J connectivity index is 2.17. The van der Waals surface area contributed by atoms with E-state index < -0.39 is 5.60 Å². The predicted octanol–water partition coefficient (Wildman–Crippen LogP) is 3.09. The van der Waals surface area contributed by atoms with E-state index in [1.165, 1.54) is 0 Å². The summed E-state index contributed by atoms with van der Waals surface area (Å²) in [6, 6.07) is 1.83. The van der Waals surface area contributed by atoms with Crippen LogP contribution in [0.2, 0.25) is 0 Å². The first-order valence-corrected chi connectivity index (χ1v) is 5.56. The van der Waals surface area contributed by atoms with Crippen molar-refractivity contribution >= 4 is 0 Å². The van der Waals surface area contributed by atoms with Crippen LogP contribution in [0.1, 0.15) is 32.3 Å². The second-order valence-electron chi connectivity index (χ2n) is 4.74. The van der Waals surface area contributed by atoms with E-state index in [9.17, 15) is 5.11 Å². The van der Waals surface area contributed by atoms with Crippen molar-refractivity contribution < 1.29 is 9.52 Å². The van der Waals surface area contributed by atoms with Gasteiger partial charge in [-0.2, -0.15) is 0 Å². The van der Waals surface area contributed by atoms with Gasteiger partial charge in [-0.15, -0.1) is 0 Å². The summed E-state index contributed by atoms with van der Waals surface area (Å²) in [6.45, 7) is 4.44. The molecule has 0 bridgehead atoms. The first-order chi connectivity index (χ1) is 7.12. The second kappa shape index (κ2) is 3.86. The van der Waals surface area contributed by atoms with Crippen LogP contribution >= 0.6 is 0 Å². The maximum Gasteiger partial charge on any atom is 0.111 e. The fourth-order valence-corrected chi connectivity index (χ4v) is 2.16. The third kappa shape index (κ3) is 2.00. The fraction of sp³-hybridized carbons (Fsp3) is 0.538. The van der Waals surface area contributed by atoms with Crippen LogP contribution < -0.4 is 0 Å². The highest BCUT2D eigenvalue weighted by atomic mass is 16.3. The molecule has 0 radical (unpaired) electrons. The van der Waals surface area contributed by atoms with Gasteiger partial charge in [-0.1, -0.05) is 26.0 Å². The van der Waals surface area contributed by atoms with Crippen molar-refractivity contribution in [2.45, 2.75) is 32.3 Å². The monoisotopic (exact) mass is 206 g/mol. The molecule has 2 unspecified atom stereocenters. The fourth-order valence-electron chi connectivity index (χ4n) is 2.16. The molecule has 1 heterocycles. The van der Waals surface area contributed by atoms with Crippen LogP contribution in [0.3, 0.4) is 0 Å². The Morgan fingerprint density at radius 2 is 2.33 bits per heavy atom. The molecule has 2 nitrogen and oxygen atoms in total. The number of hydrogen-bond donors (Lipinski definition) is 1. The summed E-state index contributed by atoms with van der Waals surface area (Å²) >= 11 is 0. The van der Waals surface area contributed by atoms with Gasteiger partial charge in [-0.05, 0) is 30.7 Å². The lowest BCUT2D eigenvalue weighted by Gasteiger charge is -2.31. The van der Waals surface area contributed by atoms with Gasteiger partial charge in [0.15, 0.2) is 0 Å². The second-order valence-corrected chi connectivity index (χ2v) is 4.74. The van der Waals surface area contributed by atoms with Crippen LogP contribution in [0.15, 0.2) is 35.2 Å². The first kappa shape index (κ1) is 10.5. The molecule has 0 fully saturated rings. The maximum atomic E-state index is 10.4. The summed E-state index contributed by atoms with van der Waals surface area (Å²) < 4.78 is 5.01. The van der Waals surface area contributed by atoms with E-state index in [1.807, 2.05) is 12.1 Å². The van der Waals surface area contributed by atoms with Crippen molar-refractivity contribution in [3.05, 3.63) is 36.3 Å². The zero-order valence-corrected chi connectivity index (χ0v) is 9.31. The summed E-state index contributed by atoms with van der Waals surface area (Å²) in [7, 11) is 0. The molecule has 1 aliphatic carbocycles. The van der Waals surface area contributed by atoms with Gasteiger partial charge in [0.25, 0.3) is 0 Å². The smallest absolute Gasteiger partial charge is 0.111 e. The van der Waals surface area contributed by atoms with E-state index in [4.69, 9.17) is 4.42 Å². The standard InChI is InChI=1S/C13H18O2/c1-10(2)11-3-6-13(14,7-4-11)12-5-8-15-9-12/h3,5-6,8-11,14H,4,7H2,1-2H3. The zero-order chi connectivity index (χ0) is 10.9. The Kier molecular flexibility index (Phi) is 2.70. The van der Waals surface area contributed by atoms with E-state index in [1.54, 1.807) is 12.5 Å². The Labute approximate surface area is 90.6 Å². The number of rotatable bonds is 2. The average molecular weight is 206 g/mol. The molecular formula is C13H18O2. The SMILES string of the molecule is CC(C)C1C=CC(O)(c2ccoc2)CC1. The minimum Gasteiger partial charge on any atom is -0.472 e. The molecular weight excluding hydrogens is 188 g/mol. The number of furan rings is 1. The van der Waals surface area contributed by atoms with Crippen LogP contribution in [0.25, 0.3) is 0 Å². The minimum absolute atomic E-state index is 0.595. The molecule has 2 atom stereocenters. The van der Waals surface area contributed by atoms with E-state index in [0.717, 1.165) is 18.4 Å². The van der Waals surface area contributed by atoms with Crippen LogP contribution in [0, 0.1) is 11.8 Å². The molecule has 0 aromatic carbocycles. The van der Waals surface area contributed by atoms with Gasteiger partial charge in [0.05, 0.1) is 12.5 Å². The van der Waals surface area contributed by atoms with Gasteiger partial charge >= 0.3 is 0 Å². The van der Waals surface area contributed by atoms with Gasteiger partial charge in [-0.3, -0.25) is 0 Å². The van der Waals surface area contributed by atoms with Crippen molar-refractivity contribution in [2.24, 2.45) is 11.8 Å². The van der Waals surface area contributed by atoms with Crippen molar-refractivity contribution in [1.82, 2.24) is 0 Å². The summed E-state index contributed by atoms with van der Waals surface area (Å²) in [5.74, 6) is 1.24. The topological polar surface area (TPSA) is 33.4 Å². The zero-order valence-electron chi connectivity index (χ0n) is 9.31. The molecule has 0 spiro atoms. The molecule has 1 aromatic heterocycles. The summed E-state index contributed by atoms with van der Waals surface area (Å²) in [5, 5.41) is 10.4. The maximum absolute atomic E-state index is 10.4. The van der Waals surface area contributed by atoms with E-state index in [0.29, 0.717) is 11.8 Å². The summed E-state index contributed by atoms with van der Waals surface area (Å²) in [4.78, 5) is 0. The lowest BCUT2D eigenvalue weighted by Crippen LogP contribution is -2.27. The number of aliphatic hydroxyl groups is 1. The minimum atomic E-state index is -0.807. The lowest BCUT2D eigenvalue weighted by atomic mass is 9.78. The van der Waals surface area contributed by atoms with Gasteiger partial charge in [-0.25, -0.2) is 0 Å².